The second-order valence-electron chi connectivity index (χ2n) is 7.19. The molecule has 2 nitrogen and oxygen atoms in total. The minimum Gasteiger partial charge on any atom is -0.279 e. The van der Waals surface area contributed by atoms with E-state index in [1.165, 1.54) is 0 Å². The third kappa shape index (κ3) is 6.40. The lowest BCUT2D eigenvalue weighted by Gasteiger charge is -2.09. The first kappa shape index (κ1) is 19.2. The van der Waals surface area contributed by atoms with E-state index in [4.69, 9.17) is 0 Å². The molecule has 0 unspecified atom stereocenters. The zero-order valence-corrected chi connectivity index (χ0v) is 16.8. The fraction of sp³-hybridized carbons (Fsp3) is 0.368. The van der Waals surface area contributed by atoms with E-state index in [-0.39, 0.29) is 11.6 Å². The van der Waals surface area contributed by atoms with Crippen LogP contribution in [-0.2, 0) is 0 Å². The molecule has 120 valence electrons. The lowest BCUT2D eigenvalue weighted by atomic mass is 10.0. The highest BCUT2D eigenvalue weighted by molar-refractivity contribution is 6.85. The van der Waals surface area contributed by atoms with Crippen LogP contribution < -0.4 is 0 Å². The van der Waals surface area contributed by atoms with Crippen LogP contribution in [0, 0.1) is 22.9 Å². The van der Waals surface area contributed by atoms with Gasteiger partial charge in [0.1, 0.15) is 16.1 Å². The van der Waals surface area contributed by atoms with Crippen molar-refractivity contribution in [2.24, 2.45) is 0 Å². The van der Waals surface area contributed by atoms with Crippen molar-refractivity contribution in [1.29, 1.82) is 0 Å². The van der Waals surface area contributed by atoms with E-state index in [0.29, 0.717) is 11.1 Å². The first-order chi connectivity index (χ1) is 10.6. The van der Waals surface area contributed by atoms with E-state index >= 15 is 0 Å². The first-order valence-corrected chi connectivity index (χ1v) is 14.5. The molecule has 0 spiro atoms. The van der Waals surface area contributed by atoms with Crippen LogP contribution >= 0.6 is 0 Å². The van der Waals surface area contributed by atoms with Gasteiger partial charge in [-0.2, -0.15) is 0 Å². The Morgan fingerprint density at radius 2 is 1.30 bits per heavy atom. The molecule has 0 amide bonds. The molecule has 1 rings (SSSR count). The van der Waals surface area contributed by atoms with Gasteiger partial charge in [0, 0.05) is 11.1 Å². The van der Waals surface area contributed by atoms with Gasteiger partial charge in [-0.05, 0) is 30.0 Å². The molecular weight excluding hydrogens is 316 g/mol. The standard InChI is InChI=1S/C19H24O2Si2/c1-7-23(5,6)15-13-19(21)17-11-9-8-10-16(17)18(20)12-14-22(2,3)4/h8-11H,7H2,1-6H3. The molecule has 0 aliphatic carbocycles. The molecule has 0 aliphatic heterocycles. The van der Waals surface area contributed by atoms with Crippen LogP contribution in [0.5, 0.6) is 0 Å². The summed E-state index contributed by atoms with van der Waals surface area (Å²) in [5, 5.41) is 0. The SMILES string of the molecule is CC[Si](C)(C)C#CC(=O)c1ccccc1C(=O)C#C[Si](C)(C)C. The molecule has 0 fully saturated rings. The second kappa shape index (κ2) is 7.59. The van der Waals surface area contributed by atoms with E-state index in [9.17, 15) is 9.59 Å². The highest BCUT2D eigenvalue weighted by atomic mass is 28.3. The van der Waals surface area contributed by atoms with Gasteiger partial charge in [-0.1, -0.05) is 51.8 Å². The van der Waals surface area contributed by atoms with Crippen molar-refractivity contribution < 1.29 is 9.59 Å². The largest absolute Gasteiger partial charge is 0.279 e. The third-order valence-corrected chi connectivity index (χ3v) is 6.81. The zero-order chi connectivity index (χ0) is 17.7. The molecule has 0 aliphatic rings. The molecule has 1 aromatic carbocycles. The Morgan fingerprint density at radius 3 is 1.70 bits per heavy atom. The maximum absolute atomic E-state index is 12.4. The quantitative estimate of drug-likeness (QED) is 0.469. The number of benzene rings is 1. The van der Waals surface area contributed by atoms with E-state index in [0.717, 1.165) is 6.04 Å². The summed E-state index contributed by atoms with van der Waals surface area (Å²) >= 11 is 0. The van der Waals surface area contributed by atoms with Crippen LogP contribution in [0.15, 0.2) is 24.3 Å². The van der Waals surface area contributed by atoms with Gasteiger partial charge >= 0.3 is 0 Å². The molecule has 1 aromatic rings. The predicted molar refractivity (Wildman–Crippen MR) is 102 cm³/mol. The Balaban J connectivity index is 3.18. The van der Waals surface area contributed by atoms with Crippen LogP contribution in [-0.4, -0.2) is 27.7 Å². The third-order valence-electron chi connectivity index (χ3n) is 3.37. The van der Waals surface area contributed by atoms with Crippen LogP contribution in [0.1, 0.15) is 27.6 Å². The van der Waals surface area contributed by atoms with Gasteiger partial charge in [-0.15, -0.1) is 11.1 Å². The summed E-state index contributed by atoms with van der Waals surface area (Å²) in [5.41, 5.74) is 6.89. The highest BCUT2D eigenvalue weighted by Gasteiger charge is 2.17. The van der Waals surface area contributed by atoms with Crippen LogP contribution in [0.4, 0.5) is 0 Å². The highest BCUT2D eigenvalue weighted by Crippen LogP contribution is 2.11. The van der Waals surface area contributed by atoms with E-state index in [1.807, 2.05) is 0 Å². The van der Waals surface area contributed by atoms with E-state index in [2.05, 4.69) is 62.6 Å². The molecule has 0 bridgehead atoms. The Labute approximate surface area is 141 Å². The number of Topliss-reactive ketones (excluding diaryl/α,β-unsaturated/α-hetero) is 2. The number of hydrogen-bond donors (Lipinski definition) is 0. The van der Waals surface area contributed by atoms with Crippen molar-refractivity contribution in [1.82, 2.24) is 0 Å². The van der Waals surface area contributed by atoms with Crippen molar-refractivity contribution in [3.63, 3.8) is 0 Å². The van der Waals surface area contributed by atoms with Gasteiger partial charge in [0.25, 0.3) is 0 Å². The molecule has 4 heteroatoms. The predicted octanol–water partition coefficient (Wildman–Crippen LogP) is 4.20. The second-order valence-corrected chi connectivity index (χ2v) is 16.7. The summed E-state index contributed by atoms with van der Waals surface area (Å²) in [6.45, 7) is 12.6. The Kier molecular flexibility index (Phi) is 6.32. The Bertz CT molecular complexity index is 732. The molecule has 0 radical (unpaired) electrons. The topological polar surface area (TPSA) is 34.1 Å². The fourth-order valence-electron chi connectivity index (χ4n) is 1.57. The number of hydrogen-bond acceptors (Lipinski definition) is 2. The van der Waals surface area contributed by atoms with Gasteiger partial charge in [-0.25, -0.2) is 0 Å². The lowest BCUT2D eigenvalue weighted by Crippen LogP contribution is -2.21. The number of carbonyl (C=O) groups is 2. The first-order valence-electron chi connectivity index (χ1n) is 7.80. The summed E-state index contributed by atoms with van der Waals surface area (Å²) in [4.78, 5) is 24.7. The van der Waals surface area contributed by atoms with Gasteiger partial charge in [0.2, 0.25) is 11.6 Å². The molecule has 0 N–H and O–H groups in total. The maximum atomic E-state index is 12.4. The number of ketones is 2. The van der Waals surface area contributed by atoms with Gasteiger partial charge in [0.05, 0.1) is 0 Å². The fourth-order valence-corrected chi connectivity index (χ4v) is 2.69. The summed E-state index contributed by atoms with van der Waals surface area (Å²) in [5.74, 6) is 4.84. The van der Waals surface area contributed by atoms with Gasteiger partial charge < -0.3 is 0 Å². The van der Waals surface area contributed by atoms with Gasteiger partial charge in [-0.3, -0.25) is 9.59 Å². The summed E-state index contributed by atoms with van der Waals surface area (Å²) in [7, 11) is -3.28. The average Bonchev–Trinajstić information content (AvgIpc) is 2.49. The Morgan fingerprint density at radius 1 is 0.870 bits per heavy atom. The molecule has 0 aromatic heterocycles. The number of rotatable bonds is 3. The molecule has 0 saturated heterocycles. The maximum Gasteiger partial charge on any atom is 0.236 e. The van der Waals surface area contributed by atoms with Crippen molar-refractivity contribution in [2.45, 2.75) is 45.7 Å². The molecule has 0 atom stereocenters. The van der Waals surface area contributed by atoms with Gasteiger partial charge in [0.15, 0.2) is 0 Å². The van der Waals surface area contributed by atoms with Crippen molar-refractivity contribution in [2.75, 3.05) is 0 Å². The molecule has 0 saturated carbocycles. The Hall–Kier alpha value is -1.89. The van der Waals surface area contributed by atoms with Crippen LogP contribution in [0.25, 0.3) is 0 Å². The molecule has 0 heterocycles. The minimum absolute atomic E-state index is 0.294. The van der Waals surface area contributed by atoms with Crippen molar-refractivity contribution in [3.05, 3.63) is 35.4 Å². The van der Waals surface area contributed by atoms with Crippen LogP contribution in [0.2, 0.25) is 38.8 Å². The lowest BCUT2D eigenvalue weighted by molar-refractivity contribution is 0.102. The zero-order valence-electron chi connectivity index (χ0n) is 14.8. The summed E-state index contributed by atoms with van der Waals surface area (Å²) in [6.07, 6.45) is 0. The van der Waals surface area contributed by atoms with Crippen molar-refractivity contribution >= 4 is 27.7 Å². The molecule has 23 heavy (non-hydrogen) atoms. The normalized spacial score (nSPS) is 10.9. The summed E-state index contributed by atoms with van der Waals surface area (Å²) < 4.78 is 0. The average molecular weight is 341 g/mol. The van der Waals surface area contributed by atoms with E-state index in [1.54, 1.807) is 24.3 Å². The van der Waals surface area contributed by atoms with E-state index < -0.39 is 16.1 Å². The monoisotopic (exact) mass is 340 g/mol. The molecular formula is C19H24O2Si2. The summed E-state index contributed by atoms with van der Waals surface area (Å²) in [6, 6.07) is 7.80. The van der Waals surface area contributed by atoms with Crippen molar-refractivity contribution in [3.8, 4) is 22.9 Å². The number of carbonyl (C=O) groups excluding carboxylic acids is 2. The minimum atomic E-state index is -1.65. The smallest absolute Gasteiger partial charge is 0.236 e. The van der Waals surface area contributed by atoms with Crippen LogP contribution in [0.3, 0.4) is 0 Å².